The Morgan fingerprint density at radius 1 is 1.19 bits per heavy atom. The van der Waals surface area contributed by atoms with Gasteiger partial charge in [-0.1, -0.05) is 0 Å². The smallest absolute Gasteiger partial charge is 0.262 e. The molecule has 1 aromatic heterocycles. The highest BCUT2D eigenvalue weighted by atomic mass is 19.1. The van der Waals surface area contributed by atoms with Gasteiger partial charge in [-0.25, -0.2) is 4.39 Å². The van der Waals surface area contributed by atoms with Crippen LogP contribution in [0.4, 0.5) is 10.1 Å². The van der Waals surface area contributed by atoms with E-state index in [9.17, 15) is 9.59 Å². The topological polar surface area (TPSA) is 102 Å². The summed E-state index contributed by atoms with van der Waals surface area (Å²) in [5, 5.41) is 6.30. The van der Waals surface area contributed by atoms with Gasteiger partial charge < -0.3 is 24.8 Å². The predicted octanol–water partition coefficient (Wildman–Crippen LogP) is 2.91. The Kier molecular flexibility index (Phi) is 6.03. The van der Waals surface area contributed by atoms with Crippen molar-refractivity contribution in [1.29, 1.82) is 0 Å². The Morgan fingerprint density at radius 2 is 2.03 bits per heavy atom. The second-order valence-electron chi connectivity index (χ2n) is 9.58. The molecule has 0 saturated carbocycles. The van der Waals surface area contributed by atoms with Gasteiger partial charge in [0.15, 0.2) is 18.2 Å². The molecule has 2 amide bonds. The third-order valence-electron chi connectivity index (χ3n) is 7.35. The molecule has 192 valence electrons. The summed E-state index contributed by atoms with van der Waals surface area (Å²) < 4.78 is 31.7. The Labute approximate surface area is 212 Å². The predicted molar refractivity (Wildman–Crippen MR) is 134 cm³/mol. The van der Waals surface area contributed by atoms with E-state index < -0.39 is 5.82 Å². The molecule has 0 spiro atoms. The SMILES string of the molecule is COc1ccc2ncc3c(c2c1F)CC(N1CCC(NC(=O)c2ccc4c(c2)NC(=O)CO4)CC1)CO3. The largest absolute Gasteiger partial charge is 0.494 e. The number of halogens is 1. The monoisotopic (exact) mass is 506 g/mol. The van der Waals surface area contributed by atoms with Crippen LogP contribution in [0.25, 0.3) is 10.9 Å². The number of fused-ring (bicyclic) bond motifs is 4. The third kappa shape index (κ3) is 4.42. The number of benzene rings is 2. The maximum absolute atomic E-state index is 15.1. The van der Waals surface area contributed by atoms with Crippen LogP contribution >= 0.6 is 0 Å². The fraction of sp³-hybridized carbons (Fsp3) is 0.370. The molecule has 1 atom stereocenters. The maximum Gasteiger partial charge on any atom is 0.262 e. The first-order valence-corrected chi connectivity index (χ1v) is 12.4. The summed E-state index contributed by atoms with van der Waals surface area (Å²) in [5.41, 5.74) is 2.38. The van der Waals surface area contributed by atoms with E-state index in [2.05, 4.69) is 20.5 Å². The van der Waals surface area contributed by atoms with E-state index in [1.54, 1.807) is 36.5 Å². The number of methoxy groups -OCH3 is 1. The number of nitrogens with one attached hydrogen (secondary N) is 2. The van der Waals surface area contributed by atoms with Crippen LogP contribution in [0.15, 0.2) is 36.5 Å². The van der Waals surface area contributed by atoms with Crippen molar-refractivity contribution < 1.29 is 28.2 Å². The molecule has 37 heavy (non-hydrogen) atoms. The van der Waals surface area contributed by atoms with Crippen LogP contribution < -0.4 is 24.8 Å². The molecule has 3 aliphatic heterocycles. The number of likely N-dealkylation sites (tertiary alicyclic amines) is 1. The van der Waals surface area contributed by atoms with Crippen LogP contribution in [0.2, 0.25) is 0 Å². The van der Waals surface area contributed by atoms with E-state index >= 15 is 4.39 Å². The minimum Gasteiger partial charge on any atom is -0.494 e. The molecule has 9 nitrogen and oxygen atoms in total. The van der Waals surface area contributed by atoms with E-state index in [-0.39, 0.29) is 36.3 Å². The highest BCUT2D eigenvalue weighted by Crippen LogP contribution is 2.36. The Balaban J connectivity index is 1.10. The molecule has 0 bridgehead atoms. The van der Waals surface area contributed by atoms with Crippen LogP contribution in [0.5, 0.6) is 17.2 Å². The third-order valence-corrected chi connectivity index (χ3v) is 7.35. The lowest BCUT2D eigenvalue weighted by molar-refractivity contribution is -0.118. The van der Waals surface area contributed by atoms with Gasteiger partial charge in [0.2, 0.25) is 0 Å². The number of piperidine rings is 1. The number of hydrogen-bond donors (Lipinski definition) is 2. The van der Waals surface area contributed by atoms with Gasteiger partial charge in [-0.05, 0) is 49.6 Å². The molecule has 2 N–H and O–H groups in total. The first-order chi connectivity index (χ1) is 18.0. The summed E-state index contributed by atoms with van der Waals surface area (Å²) in [6.07, 6.45) is 3.90. The second-order valence-corrected chi connectivity index (χ2v) is 9.58. The molecule has 10 heteroatoms. The summed E-state index contributed by atoms with van der Waals surface area (Å²) in [6.45, 7) is 2.06. The van der Waals surface area contributed by atoms with Crippen molar-refractivity contribution >= 4 is 28.4 Å². The molecule has 2 aromatic carbocycles. The zero-order chi connectivity index (χ0) is 25.5. The Bertz CT molecular complexity index is 1380. The molecule has 4 heterocycles. The minimum absolute atomic E-state index is 0.0228. The number of carbonyl (C=O) groups is 2. The summed E-state index contributed by atoms with van der Waals surface area (Å²) in [6, 6.07) is 8.53. The lowest BCUT2D eigenvalue weighted by atomic mass is 9.95. The normalized spacial score (nSPS) is 19.7. The fourth-order valence-electron chi connectivity index (χ4n) is 5.37. The lowest BCUT2D eigenvalue weighted by Crippen LogP contribution is -2.51. The van der Waals surface area contributed by atoms with Crippen molar-refractivity contribution in [1.82, 2.24) is 15.2 Å². The number of hydrogen-bond acceptors (Lipinski definition) is 7. The van der Waals surface area contributed by atoms with Crippen LogP contribution in [-0.2, 0) is 11.2 Å². The standard InChI is InChI=1S/C27H27FN4O5/c1-35-22-5-3-19-25(26(22)28)18-11-17(13-36-23(18)12-29-19)32-8-6-16(7-9-32)30-27(34)15-2-4-21-20(10-15)31-24(33)14-37-21/h2-5,10,12,16-17H,6-9,11,13-14H2,1H3,(H,30,34)(H,31,33). The molecule has 1 unspecified atom stereocenters. The van der Waals surface area contributed by atoms with Gasteiger partial charge in [0, 0.05) is 41.7 Å². The van der Waals surface area contributed by atoms with Crippen molar-refractivity contribution in [2.75, 3.05) is 38.7 Å². The number of anilines is 1. The van der Waals surface area contributed by atoms with Crippen molar-refractivity contribution in [2.45, 2.75) is 31.3 Å². The van der Waals surface area contributed by atoms with E-state index in [1.165, 1.54) is 7.11 Å². The first kappa shape index (κ1) is 23.5. The van der Waals surface area contributed by atoms with Gasteiger partial charge in [0.1, 0.15) is 18.1 Å². The van der Waals surface area contributed by atoms with Crippen LogP contribution in [-0.4, -0.2) is 67.2 Å². The maximum atomic E-state index is 15.1. The van der Waals surface area contributed by atoms with Crippen molar-refractivity contribution in [3.63, 3.8) is 0 Å². The average Bonchev–Trinajstić information content (AvgIpc) is 2.92. The van der Waals surface area contributed by atoms with E-state index in [4.69, 9.17) is 14.2 Å². The molecule has 3 aliphatic rings. The molecular formula is C27H27FN4O5. The van der Waals surface area contributed by atoms with Gasteiger partial charge in [-0.15, -0.1) is 0 Å². The van der Waals surface area contributed by atoms with E-state index in [0.717, 1.165) is 31.5 Å². The molecule has 3 aromatic rings. The van der Waals surface area contributed by atoms with E-state index in [0.29, 0.717) is 46.7 Å². The number of aromatic nitrogens is 1. The van der Waals surface area contributed by atoms with Crippen molar-refractivity contribution in [2.24, 2.45) is 0 Å². The van der Waals surface area contributed by atoms with Crippen LogP contribution in [0.1, 0.15) is 28.8 Å². The molecule has 1 saturated heterocycles. The number of pyridine rings is 1. The Morgan fingerprint density at radius 3 is 2.84 bits per heavy atom. The molecule has 0 aliphatic carbocycles. The highest BCUT2D eigenvalue weighted by Gasteiger charge is 2.32. The molecular weight excluding hydrogens is 479 g/mol. The number of carbonyl (C=O) groups excluding carboxylic acids is 2. The summed E-state index contributed by atoms with van der Waals surface area (Å²) in [7, 11) is 1.45. The van der Waals surface area contributed by atoms with Crippen molar-refractivity contribution in [3.05, 3.63) is 53.5 Å². The quantitative estimate of drug-likeness (QED) is 0.561. The summed E-state index contributed by atoms with van der Waals surface area (Å²) in [4.78, 5) is 31.2. The fourth-order valence-corrected chi connectivity index (χ4v) is 5.37. The Hall–Kier alpha value is -3.92. The molecule has 0 radical (unpaired) electrons. The van der Waals surface area contributed by atoms with Gasteiger partial charge in [0.25, 0.3) is 11.8 Å². The lowest BCUT2D eigenvalue weighted by Gasteiger charge is -2.39. The molecule has 6 rings (SSSR count). The minimum atomic E-state index is -0.414. The van der Waals surface area contributed by atoms with Gasteiger partial charge in [-0.3, -0.25) is 19.5 Å². The zero-order valence-electron chi connectivity index (χ0n) is 20.4. The number of nitrogens with zero attached hydrogens (tertiary/aromatic N) is 2. The number of rotatable bonds is 4. The summed E-state index contributed by atoms with van der Waals surface area (Å²) in [5.74, 6) is 0.531. The van der Waals surface area contributed by atoms with Crippen LogP contribution in [0, 0.1) is 5.82 Å². The highest BCUT2D eigenvalue weighted by molar-refractivity contribution is 6.00. The summed E-state index contributed by atoms with van der Waals surface area (Å²) >= 11 is 0. The van der Waals surface area contributed by atoms with Gasteiger partial charge >= 0.3 is 0 Å². The number of amides is 2. The average molecular weight is 507 g/mol. The van der Waals surface area contributed by atoms with Gasteiger partial charge in [0.05, 0.1) is 24.5 Å². The second kappa shape index (κ2) is 9.51. The number of ether oxygens (including phenoxy) is 3. The first-order valence-electron chi connectivity index (χ1n) is 12.4. The molecule has 1 fully saturated rings. The van der Waals surface area contributed by atoms with E-state index in [1.807, 2.05) is 0 Å². The van der Waals surface area contributed by atoms with Gasteiger partial charge in [-0.2, -0.15) is 0 Å². The van der Waals surface area contributed by atoms with Crippen LogP contribution in [0.3, 0.4) is 0 Å². The van der Waals surface area contributed by atoms with Crippen molar-refractivity contribution in [3.8, 4) is 17.2 Å². The zero-order valence-corrected chi connectivity index (χ0v) is 20.4.